The standard InChI is InChI=1S/C13H18ClN3OS/c14-11-5-1-2-6-12(11)19-17-7-3-4-10(9-17)8-16-13(15)18/h1-2,5-6,10H,3-4,7-9H2,(H3,15,16,18). The molecule has 1 fully saturated rings. The average molecular weight is 300 g/mol. The van der Waals surface area contributed by atoms with Crippen LogP contribution in [0.15, 0.2) is 29.2 Å². The summed E-state index contributed by atoms with van der Waals surface area (Å²) in [5.74, 6) is 0.455. The molecule has 2 amide bonds. The van der Waals surface area contributed by atoms with Crippen molar-refractivity contribution in [2.24, 2.45) is 11.7 Å². The summed E-state index contributed by atoms with van der Waals surface area (Å²) in [4.78, 5) is 11.8. The van der Waals surface area contributed by atoms with Gasteiger partial charge in [0.15, 0.2) is 0 Å². The number of hydrogen-bond donors (Lipinski definition) is 2. The lowest BCUT2D eigenvalue weighted by Crippen LogP contribution is -2.39. The van der Waals surface area contributed by atoms with E-state index in [0.717, 1.165) is 35.8 Å². The van der Waals surface area contributed by atoms with Gasteiger partial charge in [0.05, 0.1) is 5.02 Å². The fourth-order valence-corrected chi connectivity index (χ4v) is 3.50. The molecule has 19 heavy (non-hydrogen) atoms. The quantitative estimate of drug-likeness (QED) is 0.841. The SMILES string of the molecule is NC(=O)NCC1CCCN(Sc2ccccc2Cl)C1. The first-order valence-electron chi connectivity index (χ1n) is 6.36. The van der Waals surface area contributed by atoms with Crippen LogP contribution in [0.3, 0.4) is 0 Å². The number of benzene rings is 1. The van der Waals surface area contributed by atoms with Crippen molar-refractivity contribution in [3.8, 4) is 0 Å². The van der Waals surface area contributed by atoms with E-state index in [0.29, 0.717) is 12.5 Å². The first-order valence-corrected chi connectivity index (χ1v) is 7.51. The van der Waals surface area contributed by atoms with Crippen LogP contribution in [0.1, 0.15) is 12.8 Å². The lowest BCUT2D eigenvalue weighted by molar-refractivity contribution is 0.239. The molecule has 2 rings (SSSR count). The molecule has 1 atom stereocenters. The highest BCUT2D eigenvalue weighted by Crippen LogP contribution is 2.32. The molecule has 1 heterocycles. The number of nitrogens with two attached hydrogens (primary N) is 1. The van der Waals surface area contributed by atoms with Crippen LogP contribution in [0, 0.1) is 5.92 Å². The fraction of sp³-hybridized carbons (Fsp3) is 0.462. The molecule has 0 radical (unpaired) electrons. The molecular formula is C13H18ClN3OS. The number of piperidine rings is 1. The third kappa shape index (κ3) is 4.60. The molecule has 1 unspecified atom stereocenters. The van der Waals surface area contributed by atoms with Crippen molar-refractivity contribution in [2.75, 3.05) is 19.6 Å². The van der Waals surface area contributed by atoms with Gasteiger partial charge in [0, 0.05) is 24.5 Å². The normalized spacial score (nSPS) is 20.2. The molecule has 0 bridgehead atoms. The minimum atomic E-state index is -0.448. The fourth-order valence-electron chi connectivity index (χ4n) is 2.18. The molecule has 1 aromatic carbocycles. The van der Waals surface area contributed by atoms with Crippen molar-refractivity contribution in [1.29, 1.82) is 0 Å². The number of nitrogens with zero attached hydrogens (tertiary/aromatic N) is 1. The number of halogens is 1. The highest BCUT2D eigenvalue weighted by Gasteiger charge is 2.21. The summed E-state index contributed by atoms with van der Waals surface area (Å²) >= 11 is 7.85. The topological polar surface area (TPSA) is 58.4 Å². The molecule has 4 nitrogen and oxygen atoms in total. The second-order valence-electron chi connectivity index (χ2n) is 4.66. The number of urea groups is 1. The molecule has 1 aromatic rings. The van der Waals surface area contributed by atoms with E-state index in [2.05, 4.69) is 9.62 Å². The van der Waals surface area contributed by atoms with E-state index in [4.69, 9.17) is 17.3 Å². The molecule has 104 valence electrons. The van der Waals surface area contributed by atoms with Gasteiger partial charge < -0.3 is 11.1 Å². The molecule has 0 aliphatic carbocycles. The molecule has 0 spiro atoms. The third-order valence-corrected chi connectivity index (χ3v) is 4.69. The summed E-state index contributed by atoms with van der Waals surface area (Å²) in [5, 5.41) is 3.47. The van der Waals surface area contributed by atoms with Gasteiger partial charge in [-0.05, 0) is 42.8 Å². The zero-order valence-electron chi connectivity index (χ0n) is 10.6. The summed E-state index contributed by atoms with van der Waals surface area (Å²) in [6, 6.07) is 7.40. The van der Waals surface area contributed by atoms with Gasteiger partial charge in [0.25, 0.3) is 0 Å². The molecule has 1 aliphatic rings. The lowest BCUT2D eigenvalue weighted by Gasteiger charge is -2.31. The number of amides is 2. The Kier molecular flexibility index (Phi) is 5.36. The maximum absolute atomic E-state index is 10.7. The monoisotopic (exact) mass is 299 g/mol. The predicted octanol–water partition coefficient (Wildman–Crippen LogP) is 2.73. The van der Waals surface area contributed by atoms with Crippen LogP contribution < -0.4 is 11.1 Å². The van der Waals surface area contributed by atoms with Crippen LogP contribution in [-0.4, -0.2) is 30.0 Å². The Morgan fingerprint density at radius 3 is 3.05 bits per heavy atom. The van der Waals surface area contributed by atoms with Crippen molar-refractivity contribution < 1.29 is 4.79 Å². The summed E-state index contributed by atoms with van der Waals surface area (Å²) in [7, 11) is 0. The van der Waals surface area contributed by atoms with E-state index in [1.807, 2.05) is 24.3 Å². The number of hydrogen-bond acceptors (Lipinski definition) is 3. The summed E-state index contributed by atoms with van der Waals surface area (Å²) in [6.45, 7) is 2.63. The highest BCUT2D eigenvalue weighted by atomic mass is 35.5. The number of nitrogens with one attached hydrogen (secondary N) is 1. The van der Waals surface area contributed by atoms with E-state index in [1.165, 1.54) is 0 Å². The second-order valence-corrected chi connectivity index (χ2v) is 6.21. The Bertz CT molecular complexity index is 444. The highest BCUT2D eigenvalue weighted by molar-refractivity contribution is 7.97. The Labute approximate surface area is 122 Å². The maximum atomic E-state index is 10.7. The van der Waals surface area contributed by atoms with Gasteiger partial charge in [-0.2, -0.15) is 0 Å². The van der Waals surface area contributed by atoms with Gasteiger partial charge in [-0.25, -0.2) is 9.10 Å². The van der Waals surface area contributed by atoms with Crippen molar-refractivity contribution in [3.63, 3.8) is 0 Å². The van der Waals surface area contributed by atoms with Crippen LogP contribution in [0.5, 0.6) is 0 Å². The minimum absolute atomic E-state index is 0.448. The zero-order chi connectivity index (χ0) is 13.7. The van der Waals surface area contributed by atoms with Crippen molar-refractivity contribution in [2.45, 2.75) is 17.7 Å². The van der Waals surface area contributed by atoms with E-state index in [9.17, 15) is 4.79 Å². The van der Waals surface area contributed by atoms with Crippen LogP contribution in [-0.2, 0) is 0 Å². The van der Waals surface area contributed by atoms with Crippen molar-refractivity contribution in [1.82, 2.24) is 9.62 Å². The van der Waals surface area contributed by atoms with Gasteiger partial charge >= 0.3 is 6.03 Å². The zero-order valence-corrected chi connectivity index (χ0v) is 12.2. The molecule has 1 saturated heterocycles. The van der Waals surface area contributed by atoms with Gasteiger partial charge in [-0.3, -0.25) is 0 Å². The lowest BCUT2D eigenvalue weighted by atomic mass is 10.00. The summed E-state index contributed by atoms with van der Waals surface area (Å²) in [6.07, 6.45) is 2.25. The molecule has 6 heteroatoms. The summed E-state index contributed by atoms with van der Waals surface area (Å²) in [5.41, 5.74) is 5.10. The molecule has 0 saturated carbocycles. The van der Waals surface area contributed by atoms with E-state index in [-0.39, 0.29) is 0 Å². The molecule has 3 N–H and O–H groups in total. The second kappa shape index (κ2) is 7.03. The van der Waals surface area contributed by atoms with Crippen LogP contribution in [0.25, 0.3) is 0 Å². The maximum Gasteiger partial charge on any atom is 0.312 e. The number of carbonyl (C=O) groups is 1. The van der Waals surface area contributed by atoms with Crippen LogP contribution in [0.2, 0.25) is 5.02 Å². The van der Waals surface area contributed by atoms with E-state index in [1.54, 1.807) is 11.9 Å². The van der Waals surface area contributed by atoms with Gasteiger partial charge in [0.2, 0.25) is 0 Å². The number of carbonyl (C=O) groups excluding carboxylic acids is 1. The predicted molar refractivity (Wildman–Crippen MR) is 79.2 cm³/mol. The Morgan fingerprint density at radius 1 is 1.53 bits per heavy atom. The third-order valence-electron chi connectivity index (χ3n) is 3.11. The Hall–Kier alpha value is -0.910. The first-order chi connectivity index (χ1) is 9.15. The Morgan fingerprint density at radius 2 is 2.32 bits per heavy atom. The largest absolute Gasteiger partial charge is 0.352 e. The Balaban J connectivity index is 1.87. The van der Waals surface area contributed by atoms with Crippen LogP contribution >= 0.6 is 23.5 Å². The van der Waals surface area contributed by atoms with Crippen molar-refractivity contribution >= 4 is 29.6 Å². The van der Waals surface area contributed by atoms with Crippen LogP contribution in [0.4, 0.5) is 4.79 Å². The molecule has 0 aromatic heterocycles. The number of rotatable bonds is 4. The van der Waals surface area contributed by atoms with E-state index >= 15 is 0 Å². The first kappa shape index (κ1) is 14.5. The minimum Gasteiger partial charge on any atom is -0.352 e. The van der Waals surface area contributed by atoms with Gasteiger partial charge in [0.1, 0.15) is 0 Å². The van der Waals surface area contributed by atoms with Gasteiger partial charge in [-0.15, -0.1) is 0 Å². The summed E-state index contributed by atoms with van der Waals surface area (Å²) < 4.78 is 2.30. The average Bonchev–Trinajstić information content (AvgIpc) is 2.40. The van der Waals surface area contributed by atoms with Gasteiger partial charge in [-0.1, -0.05) is 23.7 Å². The van der Waals surface area contributed by atoms with Crippen molar-refractivity contribution in [3.05, 3.63) is 29.3 Å². The van der Waals surface area contributed by atoms with E-state index < -0.39 is 6.03 Å². The molecule has 1 aliphatic heterocycles. The molecular weight excluding hydrogens is 282 g/mol. The number of primary amides is 1. The smallest absolute Gasteiger partial charge is 0.312 e.